The number of esters is 1. The van der Waals surface area contributed by atoms with E-state index in [1.807, 2.05) is 12.1 Å². The molecule has 0 saturated carbocycles. The van der Waals surface area contributed by atoms with Gasteiger partial charge in [0, 0.05) is 29.3 Å². The lowest BCUT2D eigenvalue weighted by molar-refractivity contribution is 0.0520. The van der Waals surface area contributed by atoms with E-state index in [0.29, 0.717) is 28.9 Å². The fourth-order valence-corrected chi connectivity index (χ4v) is 2.33. The molecule has 0 unspecified atom stereocenters. The molecule has 1 N–H and O–H groups in total. The Labute approximate surface area is 126 Å². The highest BCUT2D eigenvalue weighted by Crippen LogP contribution is 2.29. The lowest BCUT2D eigenvalue weighted by Crippen LogP contribution is -2.05. The Bertz CT molecular complexity index is 605. The van der Waals surface area contributed by atoms with Crippen LogP contribution >= 0.6 is 11.3 Å². The Balaban J connectivity index is 2.16. The van der Waals surface area contributed by atoms with Crippen LogP contribution in [0.1, 0.15) is 17.4 Å². The van der Waals surface area contributed by atoms with E-state index in [4.69, 9.17) is 14.2 Å². The minimum atomic E-state index is -0.426. The van der Waals surface area contributed by atoms with Gasteiger partial charge in [-0.15, -0.1) is 11.3 Å². The molecule has 0 spiro atoms. The molecule has 0 aliphatic rings. The van der Waals surface area contributed by atoms with Crippen molar-refractivity contribution in [2.45, 2.75) is 6.92 Å². The first-order valence-corrected chi connectivity index (χ1v) is 7.17. The molecule has 0 saturated heterocycles. The van der Waals surface area contributed by atoms with Crippen LogP contribution in [0.25, 0.3) is 0 Å². The fourth-order valence-electron chi connectivity index (χ4n) is 1.63. The third kappa shape index (κ3) is 3.85. The summed E-state index contributed by atoms with van der Waals surface area (Å²) < 4.78 is 15.3. The molecule has 0 atom stereocenters. The highest BCUT2D eigenvalue weighted by molar-refractivity contribution is 7.14. The predicted molar refractivity (Wildman–Crippen MR) is 80.9 cm³/mol. The number of carbonyl (C=O) groups is 1. The summed E-state index contributed by atoms with van der Waals surface area (Å²) in [6, 6.07) is 5.40. The summed E-state index contributed by atoms with van der Waals surface area (Å²) in [5.41, 5.74) is 1.05. The molecular formula is C14H16N2O4S. The first-order chi connectivity index (χ1) is 10.2. The van der Waals surface area contributed by atoms with Crippen LogP contribution < -0.4 is 14.8 Å². The van der Waals surface area contributed by atoms with Gasteiger partial charge in [-0.25, -0.2) is 9.78 Å². The number of anilines is 2. The van der Waals surface area contributed by atoms with Crippen molar-refractivity contribution in [3.63, 3.8) is 0 Å². The van der Waals surface area contributed by atoms with E-state index in [-0.39, 0.29) is 0 Å². The van der Waals surface area contributed by atoms with E-state index in [9.17, 15) is 4.79 Å². The number of nitrogens with one attached hydrogen (secondary N) is 1. The third-order valence-electron chi connectivity index (χ3n) is 2.59. The topological polar surface area (TPSA) is 69.7 Å². The van der Waals surface area contributed by atoms with Crippen molar-refractivity contribution in [1.29, 1.82) is 0 Å². The maximum absolute atomic E-state index is 11.6. The predicted octanol–water partition coefficient (Wildman–Crippen LogP) is 3.08. The molecule has 2 rings (SSSR count). The number of hydrogen-bond donors (Lipinski definition) is 1. The molecule has 2 aromatic rings. The number of rotatable bonds is 6. The molecule has 0 aliphatic heterocycles. The van der Waals surface area contributed by atoms with Gasteiger partial charge >= 0.3 is 5.97 Å². The quantitative estimate of drug-likeness (QED) is 0.827. The average molecular weight is 308 g/mol. The van der Waals surface area contributed by atoms with Crippen LogP contribution in [0.3, 0.4) is 0 Å². The zero-order valence-corrected chi connectivity index (χ0v) is 12.8. The number of methoxy groups -OCH3 is 2. The lowest BCUT2D eigenvalue weighted by atomic mass is 10.3. The summed E-state index contributed by atoms with van der Waals surface area (Å²) in [5, 5.41) is 5.35. The molecule has 112 valence electrons. The van der Waals surface area contributed by atoms with Crippen LogP contribution in [-0.4, -0.2) is 31.8 Å². The van der Waals surface area contributed by atoms with Crippen LogP contribution in [-0.2, 0) is 4.74 Å². The van der Waals surface area contributed by atoms with E-state index in [2.05, 4.69) is 10.3 Å². The van der Waals surface area contributed by atoms with E-state index < -0.39 is 5.97 Å². The highest BCUT2D eigenvalue weighted by Gasteiger charge is 2.12. The van der Waals surface area contributed by atoms with E-state index in [0.717, 1.165) is 5.69 Å². The van der Waals surface area contributed by atoms with Gasteiger partial charge < -0.3 is 19.5 Å². The number of aromatic nitrogens is 1. The van der Waals surface area contributed by atoms with Crippen molar-refractivity contribution >= 4 is 28.1 Å². The third-order valence-corrected chi connectivity index (χ3v) is 3.35. The number of nitrogens with zero attached hydrogens (tertiary/aromatic N) is 1. The van der Waals surface area contributed by atoms with Gasteiger partial charge in [-0.1, -0.05) is 0 Å². The van der Waals surface area contributed by atoms with Crippen molar-refractivity contribution in [3.8, 4) is 11.5 Å². The first kappa shape index (κ1) is 15.1. The molecule has 7 heteroatoms. The van der Waals surface area contributed by atoms with Gasteiger partial charge in [-0.2, -0.15) is 0 Å². The summed E-state index contributed by atoms with van der Waals surface area (Å²) in [7, 11) is 3.17. The minimum Gasteiger partial charge on any atom is -0.497 e. The standard InChI is InChI=1S/C14H16N2O4S/c1-4-20-13(17)12-8-21-14(16-12)15-9-5-10(18-2)7-11(6-9)19-3/h5-8H,4H2,1-3H3,(H,15,16). The smallest absolute Gasteiger partial charge is 0.357 e. The van der Waals surface area contributed by atoms with Gasteiger partial charge in [0.1, 0.15) is 11.5 Å². The SMILES string of the molecule is CCOC(=O)c1csc(Nc2cc(OC)cc(OC)c2)n1. The Morgan fingerprint density at radius 3 is 2.48 bits per heavy atom. The number of ether oxygens (including phenoxy) is 3. The molecule has 1 aromatic carbocycles. The minimum absolute atomic E-state index is 0.291. The molecule has 1 aromatic heterocycles. The molecular weight excluding hydrogens is 292 g/mol. The van der Waals surface area contributed by atoms with Crippen molar-refractivity contribution in [2.24, 2.45) is 0 Å². The van der Waals surface area contributed by atoms with Gasteiger partial charge in [0.25, 0.3) is 0 Å². The summed E-state index contributed by atoms with van der Waals surface area (Å²) in [4.78, 5) is 15.8. The largest absolute Gasteiger partial charge is 0.497 e. The van der Waals surface area contributed by atoms with Gasteiger partial charge in [0.05, 0.1) is 20.8 Å². The van der Waals surface area contributed by atoms with Crippen LogP contribution in [0.15, 0.2) is 23.6 Å². The Morgan fingerprint density at radius 2 is 1.90 bits per heavy atom. The molecule has 0 fully saturated rings. The molecule has 6 nitrogen and oxygen atoms in total. The summed E-state index contributed by atoms with van der Waals surface area (Å²) in [5.74, 6) is 0.906. The van der Waals surface area contributed by atoms with Gasteiger partial charge in [0.15, 0.2) is 10.8 Å². The van der Waals surface area contributed by atoms with Crippen LogP contribution in [0.4, 0.5) is 10.8 Å². The van der Waals surface area contributed by atoms with Crippen LogP contribution in [0.5, 0.6) is 11.5 Å². The Kier molecular flexibility index (Phi) is 4.99. The number of benzene rings is 1. The number of hydrogen-bond acceptors (Lipinski definition) is 7. The normalized spacial score (nSPS) is 10.0. The van der Waals surface area contributed by atoms with Crippen molar-refractivity contribution in [2.75, 3.05) is 26.1 Å². The second-order valence-corrected chi connectivity index (χ2v) is 4.84. The van der Waals surface area contributed by atoms with Crippen molar-refractivity contribution in [1.82, 2.24) is 4.98 Å². The molecule has 0 aliphatic carbocycles. The molecule has 21 heavy (non-hydrogen) atoms. The Hall–Kier alpha value is -2.28. The molecule has 1 heterocycles. The fraction of sp³-hybridized carbons (Fsp3) is 0.286. The highest BCUT2D eigenvalue weighted by atomic mass is 32.1. The maximum Gasteiger partial charge on any atom is 0.357 e. The summed E-state index contributed by atoms with van der Waals surface area (Å²) >= 11 is 1.32. The van der Waals surface area contributed by atoms with E-state index in [1.54, 1.807) is 32.6 Å². The maximum atomic E-state index is 11.6. The van der Waals surface area contributed by atoms with Crippen LogP contribution in [0.2, 0.25) is 0 Å². The lowest BCUT2D eigenvalue weighted by Gasteiger charge is -2.08. The van der Waals surface area contributed by atoms with Crippen molar-refractivity contribution in [3.05, 3.63) is 29.3 Å². The summed E-state index contributed by atoms with van der Waals surface area (Å²) in [6.07, 6.45) is 0. The molecule has 0 radical (unpaired) electrons. The molecule has 0 amide bonds. The zero-order chi connectivity index (χ0) is 15.2. The van der Waals surface area contributed by atoms with Crippen LogP contribution in [0, 0.1) is 0 Å². The van der Waals surface area contributed by atoms with Gasteiger partial charge in [0.2, 0.25) is 0 Å². The molecule has 0 bridgehead atoms. The summed E-state index contributed by atoms with van der Waals surface area (Å²) in [6.45, 7) is 2.08. The van der Waals surface area contributed by atoms with Gasteiger partial charge in [-0.3, -0.25) is 0 Å². The second kappa shape index (κ2) is 6.94. The number of carbonyl (C=O) groups excluding carboxylic acids is 1. The number of thiazole rings is 1. The van der Waals surface area contributed by atoms with Gasteiger partial charge in [-0.05, 0) is 6.92 Å². The zero-order valence-electron chi connectivity index (χ0n) is 12.0. The monoisotopic (exact) mass is 308 g/mol. The van der Waals surface area contributed by atoms with E-state index >= 15 is 0 Å². The second-order valence-electron chi connectivity index (χ2n) is 3.98. The first-order valence-electron chi connectivity index (χ1n) is 6.29. The average Bonchev–Trinajstić information content (AvgIpc) is 2.95. The Morgan fingerprint density at radius 1 is 1.24 bits per heavy atom. The van der Waals surface area contributed by atoms with Crippen molar-refractivity contribution < 1.29 is 19.0 Å². The van der Waals surface area contributed by atoms with E-state index in [1.165, 1.54) is 11.3 Å².